The zero-order valence-corrected chi connectivity index (χ0v) is 19.2. The van der Waals surface area contributed by atoms with Gasteiger partial charge in [0.05, 0.1) is 25.9 Å². The number of aromatic nitrogens is 1. The lowest BCUT2D eigenvalue weighted by molar-refractivity contribution is 0.575. The smallest absolute Gasteiger partial charge is 0.240 e. The number of primary sulfonamides is 1. The molecule has 11 nitrogen and oxygen atoms in total. The minimum Gasteiger partial charge on any atom is -0.375 e. The summed E-state index contributed by atoms with van der Waals surface area (Å²) in [6.45, 7) is 1.16. The molecule has 1 aliphatic heterocycles. The number of benzene rings is 2. The largest absolute Gasteiger partial charge is 0.375 e. The van der Waals surface area contributed by atoms with Crippen LogP contribution in [0.15, 0.2) is 55.3 Å². The minimum atomic E-state index is -4.55. The number of azo groups is 1. The summed E-state index contributed by atoms with van der Waals surface area (Å²) in [6, 6.07) is 8.00. The maximum Gasteiger partial charge on any atom is 0.240 e. The maximum absolute atomic E-state index is 13.1. The fraction of sp³-hybridized carbons (Fsp3) is 0.222. The van der Waals surface area contributed by atoms with Crippen molar-refractivity contribution >= 4 is 52.4 Å². The number of anilines is 1. The van der Waals surface area contributed by atoms with Gasteiger partial charge < -0.3 is 11.5 Å². The number of aliphatic imine (C=N–C) groups is 1. The highest BCUT2D eigenvalue weighted by molar-refractivity contribution is 7.94. The number of sulfone groups is 1. The van der Waals surface area contributed by atoms with Crippen molar-refractivity contribution in [3.05, 3.63) is 35.9 Å². The Morgan fingerprint density at radius 3 is 2.50 bits per heavy atom. The summed E-state index contributed by atoms with van der Waals surface area (Å²) in [4.78, 5) is 7.42. The van der Waals surface area contributed by atoms with E-state index in [1.165, 1.54) is 30.4 Å². The highest BCUT2D eigenvalue weighted by Crippen LogP contribution is 2.39. The van der Waals surface area contributed by atoms with Crippen molar-refractivity contribution in [3.63, 3.8) is 0 Å². The highest BCUT2D eigenvalue weighted by atomic mass is 32.2. The third kappa shape index (κ3) is 3.69. The van der Waals surface area contributed by atoms with E-state index in [2.05, 4.69) is 20.2 Å². The molecular weight excluding hydrogens is 474 g/mol. The van der Waals surface area contributed by atoms with Crippen LogP contribution in [0.2, 0.25) is 0 Å². The number of nitrogens with zero attached hydrogens (tertiary/aromatic N) is 4. The van der Waals surface area contributed by atoms with Gasteiger partial charge in [0.15, 0.2) is 27.5 Å². The van der Waals surface area contributed by atoms with Crippen LogP contribution < -0.4 is 16.6 Å². The number of fused-ring (bicyclic) bond motifs is 1. The topological polar surface area (TPSA) is 196 Å². The Morgan fingerprint density at radius 1 is 1.12 bits per heavy atom. The molecule has 4 rings (SSSR count). The standard InChI is InChI=1S/C18H19N7O4S3/c1-9(7-19)31(26,27)13-6-5-10(11-3-2-4-12-15(11)24-18(20)30-12)14(16(13)32(21,28)29)17-22-8-23-25-17/h2-6,9H,7-8,19H2,1H3,(H2,20,24)(H2,21,28,29)/t9-/m1/s1. The molecule has 2 heterocycles. The lowest BCUT2D eigenvalue weighted by atomic mass is 9.98. The summed E-state index contributed by atoms with van der Waals surface area (Å²) in [5, 5.41) is 12.6. The molecule has 14 heteroatoms. The van der Waals surface area contributed by atoms with Crippen molar-refractivity contribution in [1.82, 2.24) is 4.98 Å². The van der Waals surface area contributed by atoms with Crippen molar-refractivity contribution in [2.75, 3.05) is 18.9 Å². The zero-order chi connectivity index (χ0) is 23.3. The summed E-state index contributed by atoms with van der Waals surface area (Å²) in [7, 11) is -8.69. The summed E-state index contributed by atoms with van der Waals surface area (Å²) in [5.74, 6) is -0.0401. The predicted octanol–water partition coefficient (Wildman–Crippen LogP) is 1.48. The Bertz CT molecular complexity index is 1510. The van der Waals surface area contributed by atoms with Gasteiger partial charge in [-0.25, -0.2) is 32.0 Å². The van der Waals surface area contributed by atoms with Crippen LogP contribution in [0.1, 0.15) is 12.5 Å². The molecule has 0 aliphatic carbocycles. The van der Waals surface area contributed by atoms with E-state index in [1.54, 1.807) is 12.1 Å². The molecule has 1 aromatic heterocycles. The highest BCUT2D eigenvalue weighted by Gasteiger charge is 2.35. The number of thiazole rings is 1. The van der Waals surface area contributed by atoms with Crippen LogP contribution in [0.3, 0.4) is 0 Å². The second-order valence-electron chi connectivity index (χ2n) is 7.02. The van der Waals surface area contributed by atoms with E-state index in [0.29, 0.717) is 21.8 Å². The van der Waals surface area contributed by atoms with E-state index in [1.807, 2.05) is 6.07 Å². The maximum atomic E-state index is 13.1. The van der Waals surface area contributed by atoms with E-state index in [-0.39, 0.29) is 24.6 Å². The van der Waals surface area contributed by atoms with E-state index in [9.17, 15) is 16.8 Å². The van der Waals surface area contributed by atoms with Crippen LogP contribution >= 0.6 is 11.3 Å². The molecule has 0 unspecified atom stereocenters. The minimum absolute atomic E-state index is 0.0249. The van der Waals surface area contributed by atoms with Gasteiger partial charge in [0.2, 0.25) is 10.0 Å². The van der Waals surface area contributed by atoms with Gasteiger partial charge in [-0.3, -0.25) is 0 Å². The second kappa shape index (κ2) is 7.97. The molecule has 0 saturated heterocycles. The van der Waals surface area contributed by atoms with Crippen molar-refractivity contribution in [2.24, 2.45) is 26.1 Å². The van der Waals surface area contributed by atoms with Gasteiger partial charge in [-0.1, -0.05) is 29.5 Å². The Morgan fingerprint density at radius 2 is 1.88 bits per heavy atom. The summed E-state index contributed by atoms with van der Waals surface area (Å²) < 4.78 is 52.6. The quantitative estimate of drug-likeness (QED) is 0.462. The van der Waals surface area contributed by atoms with Crippen LogP contribution in [0.5, 0.6) is 0 Å². The van der Waals surface area contributed by atoms with Crippen LogP contribution in [-0.2, 0) is 19.9 Å². The van der Waals surface area contributed by atoms with Gasteiger partial charge in [-0.2, -0.15) is 5.11 Å². The molecule has 1 aliphatic rings. The van der Waals surface area contributed by atoms with Gasteiger partial charge >= 0.3 is 0 Å². The second-order valence-corrected chi connectivity index (χ2v) is 11.9. The monoisotopic (exact) mass is 493 g/mol. The third-order valence-corrected chi connectivity index (χ3v) is 9.15. The Balaban J connectivity index is 2.17. The molecule has 0 spiro atoms. The molecule has 1 atom stereocenters. The van der Waals surface area contributed by atoms with Crippen LogP contribution in [0.25, 0.3) is 21.3 Å². The first kappa shape index (κ1) is 22.4. The number of rotatable bonds is 6. The Labute approximate surface area is 188 Å². The number of hydrogen-bond acceptors (Lipinski definition) is 11. The molecule has 0 fully saturated rings. The van der Waals surface area contributed by atoms with Crippen LogP contribution in [0.4, 0.5) is 5.13 Å². The molecular formula is C18H19N7O4S3. The van der Waals surface area contributed by atoms with Gasteiger partial charge in [0.25, 0.3) is 0 Å². The molecule has 0 saturated carbocycles. The average molecular weight is 494 g/mol. The number of sulfonamides is 1. The van der Waals surface area contributed by atoms with Crippen LogP contribution in [-0.4, -0.2) is 46.1 Å². The first-order valence-electron chi connectivity index (χ1n) is 9.27. The van der Waals surface area contributed by atoms with E-state index < -0.39 is 34.9 Å². The van der Waals surface area contributed by atoms with Gasteiger partial charge in [0, 0.05) is 12.1 Å². The zero-order valence-electron chi connectivity index (χ0n) is 16.8. The van der Waals surface area contributed by atoms with Gasteiger partial charge in [-0.05, 0) is 24.6 Å². The summed E-state index contributed by atoms with van der Waals surface area (Å²) in [6.07, 6.45) is 0. The van der Waals surface area contributed by atoms with Crippen molar-refractivity contribution in [2.45, 2.75) is 22.0 Å². The molecule has 0 amide bonds. The van der Waals surface area contributed by atoms with Crippen LogP contribution in [0, 0.1) is 0 Å². The normalized spacial score (nSPS) is 15.3. The van der Waals surface area contributed by atoms with Gasteiger partial charge in [-0.15, -0.1) is 5.11 Å². The van der Waals surface area contributed by atoms with Crippen molar-refractivity contribution < 1.29 is 16.8 Å². The molecule has 0 radical (unpaired) electrons. The lowest BCUT2D eigenvalue weighted by Gasteiger charge is -2.19. The third-order valence-electron chi connectivity index (χ3n) is 4.97. The van der Waals surface area contributed by atoms with E-state index >= 15 is 0 Å². The fourth-order valence-corrected chi connectivity index (χ4v) is 7.00. The molecule has 2 aromatic carbocycles. The summed E-state index contributed by atoms with van der Waals surface area (Å²) in [5.41, 5.74) is 12.8. The van der Waals surface area contributed by atoms with Crippen molar-refractivity contribution in [1.29, 1.82) is 0 Å². The fourth-order valence-electron chi connectivity index (χ4n) is 3.40. The first-order chi connectivity index (χ1) is 15.1. The lowest BCUT2D eigenvalue weighted by Crippen LogP contribution is -2.29. The number of nitrogen functional groups attached to an aromatic ring is 1. The number of nitrogens with two attached hydrogens (primary N) is 3. The number of hydrogen-bond donors (Lipinski definition) is 3. The number of amidine groups is 1. The van der Waals surface area contributed by atoms with E-state index in [0.717, 1.165) is 4.70 Å². The SMILES string of the molecule is C[C@H](CN)S(=O)(=O)c1ccc(-c2cccc3sc(N)nc23)c(C2=NCN=N2)c1S(N)(=O)=O. The molecule has 0 bridgehead atoms. The predicted molar refractivity (Wildman–Crippen MR) is 123 cm³/mol. The van der Waals surface area contributed by atoms with E-state index in [4.69, 9.17) is 16.6 Å². The molecule has 6 N–H and O–H groups in total. The Hall–Kier alpha value is -2.78. The molecule has 3 aromatic rings. The molecule has 168 valence electrons. The molecule has 32 heavy (non-hydrogen) atoms. The Kier molecular flexibility index (Phi) is 5.58. The average Bonchev–Trinajstić information content (AvgIpc) is 3.39. The summed E-state index contributed by atoms with van der Waals surface area (Å²) >= 11 is 1.26. The number of para-hydroxylation sites is 1. The van der Waals surface area contributed by atoms with Crippen molar-refractivity contribution in [3.8, 4) is 11.1 Å². The first-order valence-corrected chi connectivity index (χ1v) is 13.2. The van der Waals surface area contributed by atoms with Gasteiger partial charge in [0.1, 0.15) is 4.90 Å².